The second-order valence-electron chi connectivity index (χ2n) is 9.17. The van der Waals surface area contributed by atoms with E-state index in [1.165, 1.54) is 10.4 Å². The summed E-state index contributed by atoms with van der Waals surface area (Å²) in [5.41, 5.74) is 1.26. The Labute approximate surface area is 185 Å². The summed E-state index contributed by atoms with van der Waals surface area (Å²) in [4.78, 5) is 19.0. The SMILES string of the molecule is COc1ccccc1C1CN(Cc2cccs2)CC1CN(CC(C)C)C(=O)C(C)C. The number of benzene rings is 1. The van der Waals surface area contributed by atoms with Crippen LogP contribution in [-0.2, 0) is 11.3 Å². The number of likely N-dealkylation sites (tertiary alicyclic amines) is 1. The molecule has 5 heteroatoms. The predicted molar refractivity (Wildman–Crippen MR) is 125 cm³/mol. The number of amides is 1. The van der Waals surface area contributed by atoms with Crippen molar-refractivity contribution < 1.29 is 9.53 Å². The largest absolute Gasteiger partial charge is 0.496 e. The molecule has 2 atom stereocenters. The van der Waals surface area contributed by atoms with Crippen molar-refractivity contribution in [2.75, 3.05) is 33.3 Å². The first kappa shape index (κ1) is 22.8. The van der Waals surface area contributed by atoms with Gasteiger partial charge in [-0.1, -0.05) is 52.0 Å². The maximum atomic E-state index is 13.0. The number of nitrogens with zero attached hydrogens (tertiary/aromatic N) is 2. The number of hydrogen-bond acceptors (Lipinski definition) is 4. The first-order chi connectivity index (χ1) is 14.4. The van der Waals surface area contributed by atoms with Crippen molar-refractivity contribution in [2.45, 2.75) is 40.2 Å². The fourth-order valence-electron chi connectivity index (χ4n) is 4.57. The molecule has 1 fully saturated rings. The second-order valence-corrected chi connectivity index (χ2v) is 10.2. The molecule has 1 aliphatic rings. The van der Waals surface area contributed by atoms with Crippen LogP contribution in [0.25, 0.3) is 0 Å². The molecular weight excluding hydrogens is 392 g/mol. The highest BCUT2D eigenvalue weighted by molar-refractivity contribution is 7.09. The molecule has 1 aliphatic heterocycles. The van der Waals surface area contributed by atoms with Crippen LogP contribution in [0.3, 0.4) is 0 Å². The first-order valence-corrected chi connectivity index (χ1v) is 11.9. The molecule has 1 aromatic carbocycles. The lowest BCUT2D eigenvalue weighted by molar-refractivity contribution is -0.135. The molecule has 0 aliphatic carbocycles. The molecule has 1 saturated heterocycles. The van der Waals surface area contributed by atoms with Gasteiger partial charge in [-0.15, -0.1) is 11.3 Å². The van der Waals surface area contributed by atoms with Crippen molar-refractivity contribution in [1.82, 2.24) is 9.80 Å². The number of thiophene rings is 1. The van der Waals surface area contributed by atoms with E-state index in [0.717, 1.165) is 38.5 Å². The van der Waals surface area contributed by atoms with E-state index < -0.39 is 0 Å². The maximum absolute atomic E-state index is 13.0. The Bertz CT molecular complexity index is 803. The minimum Gasteiger partial charge on any atom is -0.496 e. The van der Waals surface area contributed by atoms with Gasteiger partial charge in [0.25, 0.3) is 0 Å². The highest BCUT2D eigenvalue weighted by atomic mass is 32.1. The zero-order valence-electron chi connectivity index (χ0n) is 19.0. The van der Waals surface area contributed by atoms with Gasteiger partial charge in [-0.25, -0.2) is 0 Å². The van der Waals surface area contributed by atoms with Crippen LogP contribution in [0.4, 0.5) is 0 Å². The number of ether oxygens (including phenoxy) is 1. The Hall–Kier alpha value is -1.85. The number of carbonyl (C=O) groups is 1. The van der Waals surface area contributed by atoms with Gasteiger partial charge in [0, 0.05) is 49.4 Å². The molecule has 30 heavy (non-hydrogen) atoms. The highest BCUT2D eigenvalue weighted by Gasteiger charge is 2.37. The number of para-hydroxylation sites is 1. The molecule has 2 aromatic rings. The van der Waals surface area contributed by atoms with Gasteiger partial charge in [-0.3, -0.25) is 9.69 Å². The summed E-state index contributed by atoms with van der Waals surface area (Å²) >= 11 is 1.82. The topological polar surface area (TPSA) is 32.8 Å². The van der Waals surface area contributed by atoms with Crippen LogP contribution in [0, 0.1) is 17.8 Å². The van der Waals surface area contributed by atoms with Crippen LogP contribution >= 0.6 is 11.3 Å². The smallest absolute Gasteiger partial charge is 0.225 e. The van der Waals surface area contributed by atoms with Gasteiger partial charge in [0.15, 0.2) is 0 Å². The van der Waals surface area contributed by atoms with Crippen molar-refractivity contribution in [3.05, 3.63) is 52.2 Å². The van der Waals surface area contributed by atoms with Crippen molar-refractivity contribution in [3.63, 3.8) is 0 Å². The van der Waals surface area contributed by atoms with Crippen LogP contribution in [0.15, 0.2) is 41.8 Å². The predicted octanol–water partition coefficient (Wildman–Crippen LogP) is 5.11. The molecule has 2 unspecified atom stereocenters. The molecule has 0 bridgehead atoms. The molecule has 0 N–H and O–H groups in total. The summed E-state index contributed by atoms with van der Waals surface area (Å²) in [5, 5.41) is 2.15. The Morgan fingerprint density at radius 1 is 1.17 bits per heavy atom. The summed E-state index contributed by atoms with van der Waals surface area (Å²) in [5.74, 6) is 2.45. The lowest BCUT2D eigenvalue weighted by Crippen LogP contribution is -2.41. The lowest BCUT2D eigenvalue weighted by Gasteiger charge is -2.31. The molecule has 1 amide bonds. The van der Waals surface area contributed by atoms with Crippen molar-refractivity contribution in [2.24, 2.45) is 17.8 Å². The van der Waals surface area contributed by atoms with Gasteiger partial charge in [0.05, 0.1) is 7.11 Å². The van der Waals surface area contributed by atoms with E-state index in [1.54, 1.807) is 7.11 Å². The van der Waals surface area contributed by atoms with Gasteiger partial charge >= 0.3 is 0 Å². The number of rotatable bonds is 9. The van der Waals surface area contributed by atoms with Crippen LogP contribution in [0.5, 0.6) is 5.75 Å². The third-order valence-corrected chi connectivity index (χ3v) is 6.72. The van der Waals surface area contributed by atoms with Crippen LogP contribution in [0.1, 0.15) is 44.1 Å². The molecule has 1 aromatic heterocycles. The summed E-state index contributed by atoms with van der Waals surface area (Å²) < 4.78 is 5.71. The van der Waals surface area contributed by atoms with E-state index >= 15 is 0 Å². The zero-order chi connectivity index (χ0) is 21.7. The third-order valence-electron chi connectivity index (χ3n) is 5.86. The molecule has 0 saturated carbocycles. The van der Waals surface area contributed by atoms with Crippen molar-refractivity contribution in [3.8, 4) is 5.75 Å². The van der Waals surface area contributed by atoms with Gasteiger partial charge in [0.2, 0.25) is 5.91 Å². The Morgan fingerprint density at radius 2 is 1.93 bits per heavy atom. The molecule has 3 rings (SSSR count). The highest BCUT2D eigenvalue weighted by Crippen LogP contribution is 2.38. The second kappa shape index (κ2) is 10.5. The van der Waals surface area contributed by atoms with Crippen LogP contribution in [0.2, 0.25) is 0 Å². The number of carbonyl (C=O) groups excluding carboxylic acids is 1. The average Bonchev–Trinajstić information content (AvgIpc) is 3.36. The quantitative estimate of drug-likeness (QED) is 0.556. The molecule has 0 spiro atoms. The molecular formula is C25H36N2O2S. The number of methoxy groups -OCH3 is 1. The van der Waals surface area contributed by atoms with E-state index in [-0.39, 0.29) is 11.8 Å². The van der Waals surface area contributed by atoms with Crippen molar-refractivity contribution in [1.29, 1.82) is 0 Å². The van der Waals surface area contributed by atoms with Gasteiger partial charge < -0.3 is 9.64 Å². The van der Waals surface area contributed by atoms with Crippen LogP contribution < -0.4 is 4.74 Å². The zero-order valence-corrected chi connectivity index (χ0v) is 19.8. The van der Waals surface area contributed by atoms with E-state index in [0.29, 0.717) is 17.8 Å². The van der Waals surface area contributed by atoms with Gasteiger partial charge in [0.1, 0.15) is 5.75 Å². The monoisotopic (exact) mass is 428 g/mol. The maximum Gasteiger partial charge on any atom is 0.225 e. The van der Waals surface area contributed by atoms with E-state index in [2.05, 4.69) is 59.4 Å². The molecule has 164 valence electrons. The third kappa shape index (κ3) is 5.64. The summed E-state index contributed by atoms with van der Waals surface area (Å²) in [6.45, 7) is 13.0. The Kier molecular flexibility index (Phi) is 7.95. The molecule has 2 heterocycles. The number of hydrogen-bond donors (Lipinski definition) is 0. The Balaban J connectivity index is 1.85. The average molecular weight is 429 g/mol. The van der Waals surface area contributed by atoms with E-state index in [4.69, 9.17) is 4.74 Å². The first-order valence-electron chi connectivity index (χ1n) is 11.1. The fourth-order valence-corrected chi connectivity index (χ4v) is 5.31. The van der Waals surface area contributed by atoms with Gasteiger partial charge in [-0.05, 0) is 34.9 Å². The van der Waals surface area contributed by atoms with Gasteiger partial charge in [-0.2, -0.15) is 0 Å². The normalized spacial score (nSPS) is 19.6. The lowest BCUT2D eigenvalue weighted by atomic mass is 9.87. The van der Waals surface area contributed by atoms with E-state index in [9.17, 15) is 4.79 Å². The molecule has 0 radical (unpaired) electrons. The van der Waals surface area contributed by atoms with Crippen LogP contribution in [-0.4, -0.2) is 49.0 Å². The fraction of sp³-hybridized carbons (Fsp3) is 0.560. The Morgan fingerprint density at radius 3 is 2.57 bits per heavy atom. The van der Waals surface area contributed by atoms with E-state index in [1.807, 2.05) is 31.3 Å². The minimum absolute atomic E-state index is 0.0251. The minimum atomic E-state index is 0.0251. The molecule has 4 nitrogen and oxygen atoms in total. The summed E-state index contributed by atoms with van der Waals surface area (Å²) in [6.07, 6.45) is 0. The standard InChI is InChI=1S/C25H36N2O2S/c1-18(2)13-27(25(28)19(3)4)15-20-14-26(16-21-9-8-12-30-21)17-23(20)22-10-6-7-11-24(22)29-5/h6-12,18-20,23H,13-17H2,1-5H3. The summed E-state index contributed by atoms with van der Waals surface area (Å²) in [6, 6.07) is 12.7. The summed E-state index contributed by atoms with van der Waals surface area (Å²) in [7, 11) is 1.75. The van der Waals surface area contributed by atoms with Crippen molar-refractivity contribution >= 4 is 17.2 Å².